The molecule has 0 aliphatic heterocycles. The van der Waals surface area contributed by atoms with Crippen LogP contribution in [0, 0.1) is 0 Å². The third-order valence-electron chi connectivity index (χ3n) is 3.46. The van der Waals surface area contributed by atoms with Crippen LogP contribution in [0.25, 0.3) is 0 Å². The zero-order valence-corrected chi connectivity index (χ0v) is 15.9. The first-order chi connectivity index (χ1) is 14.8. The van der Waals surface area contributed by atoms with Gasteiger partial charge >= 0.3 is 34.1 Å². The second-order valence-corrected chi connectivity index (χ2v) is 5.87. The Hall–Kier alpha value is -4.74. The Balaban J connectivity index is 0.000000170. The van der Waals surface area contributed by atoms with Crippen molar-refractivity contribution in [2.45, 2.75) is 6.42 Å². The maximum atomic E-state index is 10.2. The summed E-state index contributed by atoms with van der Waals surface area (Å²) in [6.07, 6.45) is 1.03. The summed E-state index contributed by atoms with van der Waals surface area (Å²) in [5.74, 6) is 0. The Morgan fingerprint density at radius 1 is 0.387 bits per heavy atom. The largest absolute Gasteiger partial charge is 0.330 e. The lowest BCUT2D eigenvalue weighted by atomic mass is 10.1. The molecule has 31 heavy (non-hydrogen) atoms. The van der Waals surface area contributed by atoms with E-state index >= 15 is 0 Å². The zero-order valence-electron chi connectivity index (χ0n) is 15.9. The summed E-state index contributed by atoms with van der Waals surface area (Å²) in [7, 11) is 0. The van der Waals surface area contributed by atoms with E-state index in [-0.39, 0.29) is 0 Å². The maximum absolute atomic E-state index is 10.2. The molecule has 4 aromatic rings. The quantitative estimate of drug-likeness (QED) is 0.232. The molecule has 0 saturated carbocycles. The highest BCUT2D eigenvalue weighted by Gasteiger charge is 1.92. The molecule has 0 amide bonds. The van der Waals surface area contributed by atoms with Crippen LogP contribution in [0.2, 0.25) is 0 Å². The second-order valence-electron chi connectivity index (χ2n) is 5.87. The van der Waals surface area contributed by atoms with Gasteiger partial charge in [0.05, 0.1) is 0 Å². The monoisotopic (exact) mass is 426 g/mol. The van der Waals surface area contributed by atoms with Crippen LogP contribution in [0.3, 0.4) is 0 Å². The summed E-state index contributed by atoms with van der Waals surface area (Å²) in [4.78, 5) is 71.8. The van der Waals surface area contributed by atoms with E-state index in [1.54, 1.807) is 29.9 Å². The highest BCUT2D eigenvalue weighted by molar-refractivity contribution is 5.25. The third-order valence-corrected chi connectivity index (χ3v) is 3.46. The van der Waals surface area contributed by atoms with Gasteiger partial charge in [-0.25, -0.2) is 28.8 Å². The lowest BCUT2D eigenvalue weighted by Crippen LogP contribution is -2.34. The molecule has 0 fully saturated rings. The van der Waals surface area contributed by atoms with Gasteiger partial charge in [-0.2, -0.15) is 0 Å². The van der Waals surface area contributed by atoms with Gasteiger partial charge in [-0.15, -0.1) is 0 Å². The Bertz CT molecular complexity index is 1160. The van der Waals surface area contributed by atoms with Crippen LogP contribution >= 0.6 is 0 Å². The molecule has 2 aromatic carbocycles. The molecule has 2 heterocycles. The molecular formula is C19H18N6O6. The summed E-state index contributed by atoms with van der Waals surface area (Å²) in [5.41, 5.74) is -2.07. The van der Waals surface area contributed by atoms with E-state index in [4.69, 9.17) is 0 Å². The van der Waals surface area contributed by atoms with Gasteiger partial charge in [0.25, 0.3) is 0 Å². The molecule has 6 N–H and O–H groups in total. The Morgan fingerprint density at radius 3 is 0.839 bits per heavy atom. The van der Waals surface area contributed by atoms with Crippen molar-refractivity contribution in [2.24, 2.45) is 0 Å². The normalized spacial score (nSPS) is 9.55. The summed E-state index contributed by atoms with van der Waals surface area (Å²) < 4.78 is 0. The molecule has 0 atom stereocenters. The predicted molar refractivity (Wildman–Crippen MR) is 112 cm³/mol. The summed E-state index contributed by atoms with van der Waals surface area (Å²) >= 11 is 0. The predicted octanol–water partition coefficient (Wildman–Crippen LogP) is -1.22. The Labute approximate surface area is 171 Å². The van der Waals surface area contributed by atoms with Gasteiger partial charge < -0.3 is 0 Å². The van der Waals surface area contributed by atoms with E-state index in [0.717, 1.165) is 6.42 Å². The molecule has 0 saturated heterocycles. The van der Waals surface area contributed by atoms with E-state index in [0.29, 0.717) is 0 Å². The van der Waals surface area contributed by atoms with Crippen LogP contribution in [0.4, 0.5) is 0 Å². The number of aromatic nitrogens is 6. The average molecular weight is 426 g/mol. The van der Waals surface area contributed by atoms with Crippen LogP contribution in [0.5, 0.6) is 0 Å². The Morgan fingerprint density at radius 2 is 0.613 bits per heavy atom. The number of hydrogen-bond acceptors (Lipinski definition) is 6. The molecule has 0 bridgehead atoms. The van der Waals surface area contributed by atoms with Crippen molar-refractivity contribution < 1.29 is 0 Å². The van der Waals surface area contributed by atoms with E-state index in [1.807, 2.05) is 0 Å². The Kier molecular flexibility index (Phi) is 8.22. The lowest BCUT2D eigenvalue weighted by Gasteiger charge is -2.00. The van der Waals surface area contributed by atoms with Crippen LogP contribution in [0.1, 0.15) is 11.1 Å². The van der Waals surface area contributed by atoms with Gasteiger partial charge in [-0.05, 0) is 17.5 Å². The summed E-state index contributed by atoms with van der Waals surface area (Å²) in [5, 5.41) is 0. The van der Waals surface area contributed by atoms with Gasteiger partial charge in [-0.1, -0.05) is 60.7 Å². The third kappa shape index (κ3) is 8.87. The van der Waals surface area contributed by atoms with Crippen molar-refractivity contribution in [1.82, 2.24) is 29.9 Å². The highest BCUT2D eigenvalue weighted by Crippen LogP contribution is 2.07. The van der Waals surface area contributed by atoms with Crippen molar-refractivity contribution in [2.75, 3.05) is 0 Å². The molecule has 0 unspecified atom stereocenters. The molecule has 12 heteroatoms. The van der Waals surface area contributed by atoms with Gasteiger partial charge in [-0.3, -0.25) is 29.9 Å². The van der Waals surface area contributed by atoms with E-state index in [1.165, 1.54) is 11.1 Å². The number of H-pyrrole nitrogens is 6. The van der Waals surface area contributed by atoms with Gasteiger partial charge in [0.15, 0.2) is 0 Å². The van der Waals surface area contributed by atoms with Gasteiger partial charge in [0, 0.05) is 0 Å². The molecule has 4 rings (SSSR count). The number of rotatable bonds is 2. The lowest BCUT2D eigenvalue weighted by molar-refractivity contribution is 0.887. The molecule has 0 spiro atoms. The zero-order chi connectivity index (χ0) is 22.6. The fourth-order valence-corrected chi connectivity index (χ4v) is 2.23. The second kappa shape index (κ2) is 11.3. The molecule has 0 aliphatic carbocycles. The maximum Gasteiger partial charge on any atom is 0.330 e. The molecule has 2 aromatic heterocycles. The summed E-state index contributed by atoms with van der Waals surface area (Å²) in [6.45, 7) is 0. The van der Waals surface area contributed by atoms with E-state index in [2.05, 4.69) is 60.7 Å². The van der Waals surface area contributed by atoms with E-state index in [9.17, 15) is 28.8 Å². The van der Waals surface area contributed by atoms with Crippen molar-refractivity contribution in [3.8, 4) is 0 Å². The van der Waals surface area contributed by atoms with Crippen molar-refractivity contribution in [3.63, 3.8) is 0 Å². The fraction of sp³-hybridized carbons (Fsp3) is 0.0526. The summed E-state index contributed by atoms with van der Waals surface area (Å²) in [6, 6.07) is 21.1. The molecule has 0 aliphatic rings. The number of hydrogen-bond donors (Lipinski definition) is 6. The first kappa shape index (κ1) is 22.5. The fourth-order valence-electron chi connectivity index (χ4n) is 2.23. The van der Waals surface area contributed by atoms with Gasteiger partial charge in [0.1, 0.15) is 0 Å². The molecular weight excluding hydrogens is 408 g/mol. The van der Waals surface area contributed by atoms with Crippen molar-refractivity contribution in [1.29, 1.82) is 0 Å². The van der Waals surface area contributed by atoms with Crippen molar-refractivity contribution >= 4 is 0 Å². The van der Waals surface area contributed by atoms with Crippen LogP contribution in [-0.2, 0) is 6.42 Å². The number of aromatic amines is 6. The number of benzene rings is 2. The number of nitrogens with one attached hydrogen (secondary N) is 6. The molecule has 0 radical (unpaired) electrons. The first-order valence-electron chi connectivity index (χ1n) is 8.75. The molecule has 12 nitrogen and oxygen atoms in total. The average Bonchev–Trinajstić information content (AvgIpc) is 2.68. The van der Waals surface area contributed by atoms with Gasteiger partial charge in [0.2, 0.25) is 0 Å². The highest BCUT2D eigenvalue weighted by atomic mass is 16.2. The van der Waals surface area contributed by atoms with Crippen molar-refractivity contribution in [3.05, 3.63) is 135 Å². The van der Waals surface area contributed by atoms with E-state index < -0.39 is 34.1 Å². The van der Waals surface area contributed by atoms with Crippen LogP contribution in [-0.4, -0.2) is 29.9 Å². The van der Waals surface area contributed by atoms with Crippen LogP contribution < -0.4 is 34.1 Å². The smallest absolute Gasteiger partial charge is 0.259 e. The minimum absolute atomic E-state index is 0.802. The SMILES string of the molecule is O=c1[nH]c(=O)[nH]c(=O)[nH]1.O=c1[nH]c(=O)[nH]c(=O)[nH]1.c1ccc(Cc2ccccc2)cc1. The minimum Gasteiger partial charge on any atom is -0.259 e. The molecule has 160 valence electrons. The first-order valence-corrected chi connectivity index (χ1v) is 8.75. The standard InChI is InChI=1S/C13H12.2C3H3N3O3/c1-3-7-12(8-4-1)11-13-9-5-2-6-10-13;2*7-1-4-2(8)6-3(9)5-1/h1-10H,11H2;2*(H3,4,5,6,7,8,9). The van der Waals surface area contributed by atoms with Crippen LogP contribution in [0.15, 0.2) is 89.4 Å². The minimum atomic E-state index is -0.802. The topological polar surface area (TPSA) is 197 Å².